The summed E-state index contributed by atoms with van der Waals surface area (Å²) in [7, 11) is 0. The second kappa shape index (κ2) is 4.64. The molecule has 0 saturated carbocycles. The largest absolute Gasteiger partial charge is 0.332 e. The van der Waals surface area contributed by atoms with Crippen molar-refractivity contribution in [1.29, 1.82) is 0 Å². The minimum Gasteiger partial charge on any atom is -0.332 e. The average molecular weight is 245 g/mol. The number of nitrogens with zero attached hydrogens (tertiary/aromatic N) is 4. The van der Waals surface area contributed by atoms with Gasteiger partial charge in [-0.1, -0.05) is 0 Å². The first-order chi connectivity index (χ1) is 8.84. The molecule has 1 amide bonds. The van der Waals surface area contributed by atoms with Gasteiger partial charge in [0.25, 0.3) is 5.91 Å². The smallest absolute Gasteiger partial charge is 0.272 e. The van der Waals surface area contributed by atoms with Gasteiger partial charge in [-0.25, -0.2) is 0 Å². The normalized spacial score (nSPS) is 19.3. The van der Waals surface area contributed by atoms with Crippen LogP contribution in [-0.4, -0.2) is 43.4 Å². The van der Waals surface area contributed by atoms with Crippen molar-refractivity contribution in [2.24, 2.45) is 0 Å². The van der Waals surface area contributed by atoms with Crippen LogP contribution in [0.5, 0.6) is 0 Å². The number of hydrogen-bond acceptors (Lipinski definition) is 3. The van der Waals surface area contributed by atoms with Crippen molar-refractivity contribution in [1.82, 2.24) is 24.9 Å². The number of amides is 1. The van der Waals surface area contributed by atoms with Crippen LogP contribution in [0.4, 0.5) is 0 Å². The summed E-state index contributed by atoms with van der Waals surface area (Å²) >= 11 is 0. The van der Waals surface area contributed by atoms with Gasteiger partial charge in [0.05, 0.1) is 12.6 Å². The molecule has 1 fully saturated rings. The van der Waals surface area contributed by atoms with Crippen molar-refractivity contribution >= 4 is 5.91 Å². The Hall–Kier alpha value is -2.11. The first-order valence-electron chi connectivity index (χ1n) is 6.12. The molecule has 1 atom stereocenters. The van der Waals surface area contributed by atoms with E-state index in [1.807, 2.05) is 21.8 Å². The molecule has 18 heavy (non-hydrogen) atoms. The Morgan fingerprint density at radius 3 is 3.17 bits per heavy atom. The molecule has 0 aromatic carbocycles. The van der Waals surface area contributed by atoms with Crippen LogP contribution in [0.1, 0.15) is 23.3 Å². The lowest BCUT2D eigenvalue weighted by Gasteiger charge is -2.24. The molecule has 0 spiro atoms. The van der Waals surface area contributed by atoms with E-state index in [1.165, 1.54) is 0 Å². The third kappa shape index (κ3) is 2.01. The average Bonchev–Trinajstić information content (AvgIpc) is 3.12. The zero-order valence-electron chi connectivity index (χ0n) is 9.99. The van der Waals surface area contributed by atoms with Crippen LogP contribution in [0.2, 0.25) is 0 Å². The lowest BCUT2D eigenvalue weighted by Crippen LogP contribution is -2.38. The third-order valence-electron chi connectivity index (χ3n) is 3.33. The molecular weight excluding hydrogens is 230 g/mol. The summed E-state index contributed by atoms with van der Waals surface area (Å²) in [6.07, 6.45) is 7.37. The predicted molar refractivity (Wildman–Crippen MR) is 64.9 cm³/mol. The minimum atomic E-state index is 0.0298. The highest BCUT2D eigenvalue weighted by Gasteiger charge is 2.30. The van der Waals surface area contributed by atoms with E-state index in [0.717, 1.165) is 25.9 Å². The van der Waals surface area contributed by atoms with Gasteiger partial charge in [-0.3, -0.25) is 14.6 Å². The molecule has 1 N–H and O–H groups in total. The zero-order chi connectivity index (χ0) is 12.4. The fourth-order valence-electron chi connectivity index (χ4n) is 2.45. The third-order valence-corrected chi connectivity index (χ3v) is 3.33. The second-order valence-corrected chi connectivity index (χ2v) is 4.49. The number of rotatable bonds is 3. The van der Waals surface area contributed by atoms with Gasteiger partial charge in [0.1, 0.15) is 5.69 Å². The van der Waals surface area contributed by atoms with E-state index in [1.54, 1.807) is 18.5 Å². The van der Waals surface area contributed by atoms with Crippen LogP contribution in [0, 0.1) is 0 Å². The van der Waals surface area contributed by atoms with Gasteiger partial charge in [-0.15, -0.1) is 0 Å². The fraction of sp³-hybridized carbons (Fsp3) is 0.417. The summed E-state index contributed by atoms with van der Waals surface area (Å²) in [6.45, 7) is 1.57. The molecule has 0 aliphatic carbocycles. The molecule has 1 aliphatic rings. The first-order valence-corrected chi connectivity index (χ1v) is 6.12. The Morgan fingerprint density at radius 2 is 2.44 bits per heavy atom. The van der Waals surface area contributed by atoms with Crippen LogP contribution in [0.3, 0.4) is 0 Å². The van der Waals surface area contributed by atoms with Gasteiger partial charge in [0.2, 0.25) is 0 Å². The number of nitrogens with one attached hydrogen (secondary N) is 1. The molecule has 2 aromatic heterocycles. The van der Waals surface area contributed by atoms with Gasteiger partial charge >= 0.3 is 0 Å². The Morgan fingerprint density at radius 1 is 1.50 bits per heavy atom. The summed E-state index contributed by atoms with van der Waals surface area (Å²) < 4.78 is 1.88. The van der Waals surface area contributed by atoms with E-state index in [4.69, 9.17) is 0 Å². The van der Waals surface area contributed by atoms with E-state index in [9.17, 15) is 4.79 Å². The maximum absolute atomic E-state index is 12.3. The van der Waals surface area contributed by atoms with Crippen LogP contribution >= 0.6 is 0 Å². The molecule has 94 valence electrons. The lowest BCUT2D eigenvalue weighted by molar-refractivity contribution is 0.0715. The number of hydrogen-bond donors (Lipinski definition) is 1. The number of carbonyl (C=O) groups is 1. The van der Waals surface area contributed by atoms with Gasteiger partial charge < -0.3 is 4.90 Å². The van der Waals surface area contributed by atoms with Crippen molar-refractivity contribution in [2.45, 2.75) is 25.4 Å². The summed E-state index contributed by atoms with van der Waals surface area (Å²) in [4.78, 5) is 14.2. The van der Waals surface area contributed by atoms with Crippen LogP contribution < -0.4 is 0 Å². The van der Waals surface area contributed by atoms with E-state index >= 15 is 0 Å². The standard InChI is InChI=1S/C12H15N5O/c18-12(11-4-6-13-15-11)17-8-1-3-10(17)9-16-7-2-5-14-16/h2,4-7,10H,1,3,8-9H2,(H,13,15)/t10-/m1/s1. The predicted octanol–water partition coefficient (Wildman–Crippen LogP) is 0.911. The molecule has 0 unspecified atom stereocenters. The molecule has 0 bridgehead atoms. The summed E-state index contributed by atoms with van der Waals surface area (Å²) in [5.41, 5.74) is 0.558. The van der Waals surface area contributed by atoms with Gasteiger partial charge in [0.15, 0.2) is 0 Å². The Kier molecular flexibility index (Phi) is 2.84. The summed E-state index contributed by atoms with van der Waals surface area (Å²) in [6, 6.07) is 3.84. The highest BCUT2D eigenvalue weighted by Crippen LogP contribution is 2.20. The Labute approximate surface area is 105 Å². The zero-order valence-corrected chi connectivity index (χ0v) is 9.99. The van der Waals surface area contributed by atoms with E-state index in [-0.39, 0.29) is 11.9 Å². The van der Waals surface area contributed by atoms with E-state index in [2.05, 4.69) is 15.3 Å². The van der Waals surface area contributed by atoms with Crippen molar-refractivity contribution in [2.75, 3.05) is 6.54 Å². The molecule has 6 nitrogen and oxygen atoms in total. The van der Waals surface area contributed by atoms with Crippen LogP contribution in [0.25, 0.3) is 0 Å². The monoisotopic (exact) mass is 245 g/mol. The maximum atomic E-state index is 12.3. The number of carbonyl (C=O) groups excluding carboxylic acids is 1. The van der Waals surface area contributed by atoms with E-state index in [0.29, 0.717) is 5.69 Å². The Bertz CT molecular complexity index is 505. The molecule has 2 aromatic rings. The summed E-state index contributed by atoms with van der Waals surface area (Å²) in [5.74, 6) is 0.0298. The van der Waals surface area contributed by atoms with Crippen molar-refractivity contribution in [3.8, 4) is 0 Å². The number of likely N-dealkylation sites (tertiary alicyclic amines) is 1. The number of H-pyrrole nitrogens is 1. The van der Waals surface area contributed by atoms with Crippen LogP contribution in [-0.2, 0) is 6.54 Å². The number of aromatic amines is 1. The highest BCUT2D eigenvalue weighted by atomic mass is 16.2. The van der Waals surface area contributed by atoms with Gasteiger partial charge in [-0.2, -0.15) is 10.2 Å². The van der Waals surface area contributed by atoms with Crippen molar-refractivity contribution in [3.63, 3.8) is 0 Å². The highest BCUT2D eigenvalue weighted by molar-refractivity contribution is 5.92. The Balaban J connectivity index is 1.73. The molecule has 6 heteroatoms. The molecular formula is C12H15N5O. The molecule has 3 rings (SSSR count). The quantitative estimate of drug-likeness (QED) is 0.874. The van der Waals surface area contributed by atoms with E-state index < -0.39 is 0 Å². The molecule has 1 saturated heterocycles. The van der Waals surface area contributed by atoms with Crippen molar-refractivity contribution < 1.29 is 4.79 Å². The molecule has 3 heterocycles. The lowest BCUT2D eigenvalue weighted by atomic mass is 10.2. The van der Waals surface area contributed by atoms with Crippen molar-refractivity contribution in [3.05, 3.63) is 36.4 Å². The maximum Gasteiger partial charge on any atom is 0.272 e. The molecule has 0 radical (unpaired) electrons. The molecule has 1 aliphatic heterocycles. The number of aromatic nitrogens is 4. The van der Waals surface area contributed by atoms with Crippen LogP contribution in [0.15, 0.2) is 30.7 Å². The van der Waals surface area contributed by atoms with Gasteiger partial charge in [0, 0.05) is 25.1 Å². The SMILES string of the molecule is O=C(c1ccn[nH]1)N1CCC[C@@H]1Cn1cccn1. The topological polar surface area (TPSA) is 66.8 Å². The van der Waals surface area contributed by atoms with Gasteiger partial charge in [-0.05, 0) is 25.0 Å². The second-order valence-electron chi connectivity index (χ2n) is 4.49. The first kappa shape index (κ1) is 11.0. The minimum absolute atomic E-state index is 0.0298. The fourth-order valence-corrected chi connectivity index (χ4v) is 2.45. The summed E-state index contributed by atoms with van der Waals surface area (Å²) in [5, 5.41) is 10.7.